The van der Waals surface area contributed by atoms with Gasteiger partial charge in [0, 0.05) is 35.9 Å². The number of fused-ring (bicyclic) bond motifs is 1. The van der Waals surface area contributed by atoms with Crippen LogP contribution in [0.3, 0.4) is 0 Å². The van der Waals surface area contributed by atoms with Crippen LogP contribution in [0.15, 0.2) is 48.9 Å². The van der Waals surface area contributed by atoms with Gasteiger partial charge >= 0.3 is 0 Å². The van der Waals surface area contributed by atoms with Crippen molar-refractivity contribution in [3.05, 3.63) is 54.5 Å². The van der Waals surface area contributed by atoms with Crippen LogP contribution < -0.4 is 5.32 Å². The van der Waals surface area contributed by atoms with Gasteiger partial charge < -0.3 is 5.32 Å². The molecule has 0 bridgehead atoms. The number of para-hydroxylation sites is 1. The average molecular weight is 266 g/mol. The molecule has 20 heavy (non-hydrogen) atoms. The van der Waals surface area contributed by atoms with Gasteiger partial charge in [-0.1, -0.05) is 32.0 Å². The van der Waals surface area contributed by atoms with Crippen LogP contribution in [-0.2, 0) is 6.54 Å². The maximum Gasteiger partial charge on any atom is 0.0741 e. The van der Waals surface area contributed by atoms with Crippen molar-refractivity contribution in [3.63, 3.8) is 0 Å². The maximum absolute atomic E-state index is 4.51. The molecule has 2 aromatic heterocycles. The van der Waals surface area contributed by atoms with Gasteiger partial charge in [-0.25, -0.2) is 4.68 Å². The summed E-state index contributed by atoms with van der Waals surface area (Å²) in [5.41, 5.74) is 3.34. The van der Waals surface area contributed by atoms with Crippen LogP contribution in [0.5, 0.6) is 0 Å². The highest BCUT2D eigenvalue weighted by Gasteiger charge is 2.09. The van der Waals surface area contributed by atoms with Crippen LogP contribution in [0.1, 0.15) is 19.4 Å². The monoisotopic (exact) mass is 266 g/mol. The normalized spacial score (nSPS) is 11.3. The Kier molecular flexibility index (Phi) is 3.48. The van der Waals surface area contributed by atoms with Crippen LogP contribution >= 0.6 is 0 Å². The number of rotatable bonds is 4. The Morgan fingerprint density at radius 1 is 1.15 bits per heavy atom. The molecule has 3 rings (SSSR count). The first-order valence-corrected chi connectivity index (χ1v) is 6.85. The second-order valence-electron chi connectivity index (χ2n) is 5.16. The van der Waals surface area contributed by atoms with E-state index in [2.05, 4.69) is 41.4 Å². The van der Waals surface area contributed by atoms with E-state index in [0.29, 0.717) is 6.04 Å². The van der Waals surface area contributed by atoms with E-state index in [0.717, 1.165) is 28.7 Å². The third-order valence-corrected chi connectivity index (χ3v) is 3.28. The standard InChI is InChI=1S/C16H18N4/c1-12(2)18-10-14-9-17-8-7-16(14)20-15-6-4-3-5-13(15)11-19-20/h3-9,11-12,18H,10H2,1-2H3. The molecule has 1 aromatic carbocycles. The minimum atomic E-state index is 0.442. The van der Waals surface area contributed by atoms with Crippen molar-refractivity contribution in [2.75, 3.05) is 0 Å². The van der Waals surface area contributed by atoms with Crippen molar-refractivity contribution in [3.8, 4) is 5.69 Å². The molecule has 0 aliphatic carbocycles. The lowest BCUT2D eigenvalue weighted by Gasteiger charge is -2.12. The largest absolute Gasteiger partial charge is 0.310 e. The zero-order valence-electron chi connectivity index (χ0n) is 11.7. The molecule has 0 saturated carbocycles. The van der Waals surface area contributed by atoms with E-state index < -0.39 is 0 Å². The predicted molar refractivity (Wildman–Crippen MR) is 80.8 cm³/mol. The van der Waals surface area contributed by atoms with Gasteiger partial charge in [-0.15, -0.1) is 0 Å². The van der Waals surface area contributed by atoms with E-state index in [-0.39, 0.29) is 0 Å². The Morgan fingerprint density at radius 3 is 2.85 bits per heavy atom. The smallest absolute Gasteiger partial charge is 0.0741 e. The summed E-state index contributed by atoms with van der Waals surface area (Å²) in [5, 5.41) is 9.09. The van der Waals surface area contributed by atoms with Crippen molar-refractivity contribution in [2.24, 2.45) is 0 Å². The highest BCUT2D eigenvalue weighted by atomic mass is 15.3. The highest BCUT2D eigenvalue weighted by molar-refractivity contribution is 5.80. The maximum atomic E-state index is 4.51. The van der Waals surface area contributed by atoms with Gasteiger partial charge in [0.15, 0.2) is 0 Å². The lowest BCUT2D eigenvalue weighted by atomic mass is 10.2. The molecule has 0 saturated heterocycles. The van der Waals surface area contributed by atoms with Crippen molar-refractivity contribution in [2.45, 2.75) is 26.4 Å². The molecule has 3 aromatic rings. The molecule has 0 atom stereocenters. The van der Waals surface area contributed by atoms with Crippen molar-refractivity contribution in [1.82, 2.24) is 20.1 Å². The Labute approximate surface area is 118 Å². The fourth-order valence-corrected chi connectivity index (χ4v) is 2.24. The Morgan fingerprint density at radius 2 is 2.00 bits per heavy atom. The van der Waals surface area contributed by atoms with Gasteiger partial charge in [-0.2, -0.15) is 5.10 Å². The van der Waals surface area contributed by atoms with Gasteiger partial charge in [0.25, 0.3) is 0 Å². The summed E-state index contributed by atoms with van der Waals surface area (Å²) in [5.74, 6) is 0. The van der Waals surface area contributed by atoms with Gasteiger partial charge in [0.05, 0.1) is 17.4 Å². The first-order chi connectivity index (χ1) is 9.75. The molecule has 0 aliphatic heterocycles. The second-order valence-corrected chi connectivity index (χ2v) is 5.16. The number of benzene rings is 1. The number of pyridine rings is 1. The number of nitrogens with one attached hydrogen (secondary N) is 1. The van der Waals surface area contributed by atoms with Gasteiger partial charge in [-0.3, -0.25) is 4.98 Å². The third kappa shape index (κ3) is 2.42. The molecule has 4 heteroatoms. The third-order valence-electron chi connectivity index (χ3n) is 3.28. The van der Waals surface area contributed by atoms with Crippen molar-refractivity contribution in [1.29, 1.82) is 0 Å². The van der Waals surface area contributed by atoms with E-state index in [1.54, 1.807) is 0 Å². The minimum absolute atomic E-state index is 0.442. The SMILES string of the molecule is CC(C)NCc1cnccc1-n1ncc2ccccc21. The zero-order chi connectivity index (χ0) is 13.9. The second kappa shape index (κ2) is 5.43. The van der Waals surface area contributed by atoms with E-state index in [1.165, 1.54) is 0 Å². The number of nitrogens with zero attached hydrogens (tertiary/aromatic N) is 3. The molecule has 0 fully saturated rings. The Hall–Kier alpha value is -2.20. The lowest BCUT2D eigenvalue weighted by molar-refractivity contribution is 0.586. The van der Waals surface area contributed by atoms with Crippen LogP contribution in [0.4, 0.5) is 0 Å². The minimum Gasteiger partial charge on any atom is -0.310 e. The quantitative estimate of drug-likeness (QED) is 0.789. The van der Waals surface area contributed by atoms with Crippen LogP contribution in [0, 0.1) is 0 Å². The van der Waals surface area contributed by atoms with Gasteiger partial charge in [0.1, 0.15) is 0 Å². The summed E-state index contributed by atoms with van der Waals surface area (Å²) in [4.78, 5) is 4.23. The summed E-state index contributed by atoms with van der Waals surface area (Å²) >= 11 is 0. The highest BCUT2D eigenvalue weighted by Crippen LogP contribution is 2.20. The molecule has 2 heterocycles. The number of aromatic nitrogens is 3. The van der Waals surface area contributed by atoms with E-state index in [9.17, 15) is 0 Å². The first kappa shape index (κ1) is 12.8. The molecule has 4 nitrogen and oxygen atoms in total. The van der Waals surface area contributed by atoms with Crippen molar-refractivity contribution >= 4 is 10.9 Å². The number of hydrogen-bond donors (Lipinski definition) is 1. The summed E-state index contributed by atoms with van der Waals surface area (Å²) in [6.45, 7) is 5.06. The van der Waals surface area contributed by atoms with E-state index in [1.807, 2.05) is 41.5 Å². The lowest BCUT2D eigenvalue weighted by Crippen LogP contribution is -2.22. The first-order valence-electron chi connectivity index (χ1n) is 6.85. The molecular weight excluding hydrogens is 248 g/mol. The van der Waals surface area contributed by atoms with E-state index in [4.69, 9.17) is 0 Å². The van der Waals surface area contributed by atoms with E-state index >= 15 is 0 Å². The fraction of sp³-hybridized carbons (Fsp3) is 0.250. The molecule has 1 N–H and O–H groups in total. The van der Waals surface area contributed by atoms with Crippen molar-refractivity contribution < 1.29 is 0 Å². The van der Waals surface area contributed by atoms with Crippen LogP contribution in [-0.4, -0.2) is 20.8 Å². The van der Waals surface area contributed by atoms with Crippen LogP contribution in [0.2, 0.25) is 0 Å². The molecule has 0 unspecified atom stereocenters. The van der Waals surface area contributed by atoms with Gasteiger partial charge in [-0.05, 0) is 12.1 Å². The average Bonchev–Trinajstić information content (AvgIpc) is 2.89. The van der Waals surface area contributed by atoms with Gasteiger partial charge in [0.2, 0.25) is 0 Å². The molecule has 0 radical (unpaired) electrons. The predicted octanol–water partition coefficient (Wildman–Crippen LogP) is 2.92. The molecule has 0 aliphatic rings. The zero-order valence-corrected chi connectivity index (χ0v) is 11.7. The summed E-state index contributed by atoms with van der Waals surface area (Å²) in [6, 6.07) is 10.7. The topological polar surface area (TPSA) is 42.7 Å². The Balaban J connectivity index is 2.05. The Bertz CT molecular complexity index is 715. The number of hydrogen-bond acceptors (Lipinski definition) is 3. The molecular formula is C16H18N4. The molecule has 0 amide bonds. The summed E-state index contributed by atoms with van der Waals surface area (Å²) < 4.78 is 1.98. The van der Waals surface area contributed by atoms with Crippen LogP contribution in [0.25, 0.3) is 16.6 Å². The molecule has 102 valence electrons. The fourth-order valence-electron chi connectivity index (χ4n) is 2.24. The summed E-state index contributed by atoms with van der Waals surface area (Å²) in [7, 11) is 0. The molecule has 0 spiro atoms. The summed E-state index contributed by atoms with van der Waals surface area (Å²) in [6.07, 6.45) is 5.61.